The molecule has 16 heavy (non-hydrogen) atoms. The number of hydrogen-bond donors (Lipinski definition) is 0. The summed E-state index contributed by atoms with van der Waals surface area (Å²) in [4.78, 5) is 5.06. The van der Waals surface area contributed by atoms with Crippen LogP contribution in [-0.4, -0.2) is 62.3 Å². The SMILES string of the molecule is CCOC1CCN(CC2CCN(C)CC2)C1. The average molecular weight is 226 g/mol. The van der Waals surface area contributed by atoms with E-state index in [1.165, 1.54) is 52.0 Å². The lowest BCUT2D eigenvalue weighted by atomic mass is 9.97. The van der Waals surface area contributed by atoms with Crippen molar-refractivity contribution in [3.05, 3.63) is 0 Å². The second-order valence-corrected chi connectivity index (χ2v) is 5.37. The van der Waals surface area contributed by atoms with Crippen molar-refractivity contribution in [1.82, 2.24) is 9.80 Å². The van der Waals surface area contributed by atoms with Crippen LogP contribution in [0.3, 0.4) is 0 Å². The summed E-state index contributed by atoms with van der Waals surface area (Å²) in [6.07, 6.45) is 4.51. The standard InChI is InChI=1S/C13H26N2O/c1-3-16-13-6-9-15(11-13)10-12-4-7-14(2)8-5-12/h12-13H,3-11H2,1-2H3. The Bertz CT molecular complexity index is 202. The van der Waals surface area contributed by atoms with Crippen LogP contribution in [0.25, 0.3) is 0 Å². The Labute approximate surface area is 99.7 Å². The van der Waals surface area contributed by atoms with Gasteiger partial charge in [-0.25, -0.2) is 0 Å². The minimum Gasteiger partial charge on any atom is -0.377 e. The lowest BCUT2D eigenvalue weighted by Crippen LogP contribution is -2.36. The predicted octanol–water partition coefficient (Wildman–Crippen LogP) is 1.44. The van der Waals surface area contributed by atoms with Crippen LogP contribution in [0, 0.1) is 5.92 Å². The maximum atomic E-state index is 5.69. The van der Waals surface area contributed by atoms with E-state index >= 15 is 0 Å². The Morgan fingerprint density at radius 1 is 1.12 bits per heavy atom. The zero-order chi connectivity index (χ0) is 11.4. The van der Waals surface area contributed by atoms with Gasteiger partial charge in [-0.1, -0.05) is 0 Å². The van der Waals surface area contributed by atoms with Gasteiger partial charge in [-0.3, -0.25) is 0 Å². The van der Waals surface area contributed by atoms with E-state index in [0.29, 0.717) is 6.10 Å². The van der Waals surface area contributed by atoms with Gasteiger partial charge in [-0.15, -0.1) is 0 Å². The third kappa shape index (κ3) is 3.44. The monoisotopic (exact) mass is 226 g/mol. The summed E-state index contributed by atoms with van der Waals surface area (Å²) in [5, 5.41) is 0. The maximum absolute atomic E-state index is 5.69. The molecule has 2 aliphatic rings. The summed E-state index contributed by atoms with van der Waals surface area (Å²) in [7, 11) is 2.23. The third-order valence-corrected chi connectivity index (χ3v) is 3.99. The van der Waals surface area contributed by atoms with E-state index in [0.717, 1.165) is 12.5 Å². The molecular weight excluding hydrogens is 200 g/mol. The fourth-order valence-electron chi connectivity index (χ4n) is 2.94. The molecule has 2 aliphatic heterocycles. The lowest BCUT2D eigenvalue weighted by molar-refractivity contribution is 0.0658. The topological polar surface area (TPSA) is 15.7 Å². The first-order valence-electron chi connectivity index (χ1n) is 6.80. The highest BCUT2D eigenvalue weighted by Crippen LogP contribution is 2.20. The molecule has 0 N–H and O–H groups in total. The zero-order valence-corrected chi connectivity index (χ0v) is 10.8. The van der Waals surface area contributed by atoms with Crippen LogP contribution in [0.15, 0.2) is 0 Å². The molecule has 3 nitrogen and oxygen atoms in total. The summed E-state index contributed by atoms with van der Waals surface area (Å²) in [5.74, 6) is 0.927. The van der Waals surface area contributed by atoms with Gasteiger partial charge in [0.2, 0.25) is 0 Å². The molecule has 0 bridgehead atoms. The lowest BCUT2D eigenvalue weighted by Gasteiger charge is -2.31. The Hall–Kier alpha value is -0.120. The van der Waals surface area contributed by atoms with Crippen molar-refractivity contribution < 1.29 is 4.74 Å². The molecule has 0 amide bonds. The summed E-state index contributed by atoms with van der Waals surface area (Å²) < 4.78 is 5.69. The largest absolute Gasteiger partial charge is 0.377 e. The van der Waals surface area contributed by atoms with Gasteiger partial charge in [-0.05, 0) is 52.2 Å². The highest BCUT2D eigenvalue weighted by Gasteiger charge is 2.26. The van der Waals surface area contributed by atoms with Crippen LogP contribution >= 0.6 is 0 Å². The average Bonchev–Trinajstić information content (AvgIpc) is 2.70. The van der Waals surface area contributed by atoms with Gasteiger partial charge in [0, 0.05) is 26.2 Å². The van der Waals surface area contributed by atoms with Crippen molar-refractivity contribution in [2.24, 2.45) is 5.92 Å². The fourth-order valence-corrected chi connectivity index (χ4v) is 2.94. The van der Waals surface area contributed by atoms with Crippen molar-refractivity contribution in [2.45, 2.75) is 32.3 Å². The molecule has 0 aliphatic carbocycles. The van der Waals surface area contributed by atoms with Crippen molar-refractivity contribution >= 4 is 0 Å². The molecule has 0 spiro atoms. The number of nitrogens with zero attached hydrogens (tertiary/aromatic N) is 2. The molecule has 0 aromatic carbocycles. The summed E-state index contributed by atoms with van der Waals surface area (Å²) in [6.45, 7) is 9.25. The summed E-state index contributed by atoms with van der Waals surface area (Å²) >= 11 is 0. The number of hydrogen-bond acceptors (Lipinski definition) is 3. The molecule has 2 rings (SSSR count). The Kier molecular flexibility index (Phi) is 4.62. The zero-order valence-electron chi connectivity index (χ0n) is 10.8. The van der Waals surface area contributed by atoms with Crippen molar-refractivity contribution in [2.75, 3.05) is 46.4 Å². The molecular formula is C13H26N2O. The van der Waals surface area contributed by atoms with E-state index in [2.05, 4.69) is 23.8 Å². The van der Waals surface area contributed by atoms with Crippen LogP contribution in [0.5, 0.6) is 0 Å². The quantitative estimate of drug-likeness (QED) is 0.721. The van der Waals surface area contributed by atoms with E-state index in [1.807, 2.05) is 0 Å². The maximum Gasteiger partial charge on any atom is 0.0714 e. The molecule has 3 heteroatoms. The second kappa shape index (κ2) is 5.99. The first-order valence-corrected chi connectivity index (χ1v) is 6.80. The van der Waals surface area contributed by atoms with E-state index < -0.39 is 0 Å². The highest BCUT2D eigenvalue weighted by atomic mass is 16.5. The number of likely N-dealkylation sites (tertiary alicyclic amines) is 2. The van der Waals surface area contributed by atoms with E-state index in [-0.39, 0.29) is 0 Å². The molecule has 94 valence electrons. The fraction of sp³-hybridized carbons (Fsp3) is 1.00. The molecule has 0 saturated carbocycles. The minimum absolute atomic E-state index is 0.510. The molecule has 0 aromatic rings. The number of rotatable bonds is 4. The Morgan fingerprint density at radius 2 is 1.88 bits per heavy atom. The molecule has 0 radical (unpaired) electrons. The minimum atomic E-state index is 0.510. The van der Waals surface area contributed by atoms with Gasteiger partial charge in [0.05, 0.1) is 6.10 Å². The van der Waals surface area contributed by atoms with Gasteiger partial charge in [0.15, 0.2) is 0 Å². The van der Waals surface area contributed by atoms with Crippen LogP contribution in [0.4, 0.5) is 0 Å². The highest BCUT2D eigenvalue weighted by molar-refractivity contribution is 4.80. The smallest absolute Gasteiger partial charge is 0.0714 e. The van der Waals surface area contributed by atoms with Crippen molar-refractivity contribution in [3.63, 3.8) is 0 Å². The molecule has 0 aromatic heterocycles. The van der Waals surface area contributed by atoms with E-state index in [1.54, 1.807) is 0 Å². The normalized spacial score (nSPS) is 30.0. The van der Waals surface area contributed by atoms with E-state index in [4.69, 9.17) is 4.74 Å². The molecule has 1 unspecified atom stereocenters. The third-order valence-electron chi connectivity index (χ3n) is 3.99. The Morgan fingerprint density at radius 3 is 2.56 bits per heavy atom. The first-order chi connectivity index (χ1) is 7.78. The molecule has 2 heterocycles. The van der Waals surface area contributed by atoms with E-state index in [9.17, 15) is 0 Å². The second-order valence-electron chi connectivity index (χ2n) is 5.37. The summed E-state index contributed by atoms with van der Waals surface area (Å²) in [6, 6.07) is 0. The first kappa shape index (κ1) is 12.3. The molecule has 1 atom stereocenters. The van der Waals surface area contributed by atoms with Crippen molar-refractivity contribution in [1.29, 1.82) is 0 Å². The van der Waals surface area contributed by atoms with Gasteiger partial charge >= 0.3 is 0 Å². The predicted molar refractivity (Wildman–Crippen MR) is 66.7 cm³/mol. The van der Waals surface area contributed by atoms with Gasteiger partial charge in [0.1, 0.15) is 0 Å². The Balaban J connectivity index is 1.67. The van der Waals surface area contributed by atoms with Crippen LogP contribution in [-0.2, 0) is 4.74 Å². The van der Waals surface area contributed by atoms with Gasteiger partial charge in [-0.2, -0.15) is 0 Å². The van der Waals surface area contributed by atoms with Crippen LogP contribution in [0.1, 0.15) is 26.2 Å². The van der Waals surface area contributed by atoms with Gasteiger partial charge < -0.3 is 14.5 Å². The van der Waals surface area contributed by atoms with Crippen molar-refractivity contribution in [3.8, 4) is 0 Å². The van der Waals surface area contributed by atoms with Crippen LogP contribution in [0.2, 0.25) is 0 Å². The number of piperidine rings is 1. The van der Waals surface area contributed by atoms with Crippen LogP contribution < -0.4 is 0 Å². The summed E-state index contributed by atoms with van der Waals surface area (Å²) in [5.41, 5.74) is 0. The molecule has 2 fully saturated rings. The molecule has 2 saturated heterocycles. The number of ether oxygens (including phenoxy) is 1. The van der Waals surface area contributed by atoms with Gasteiger partial charge in [0.25, 0.3) is 0 Å².